The molecule has 5 aromatic rings. The predicted octanol–water partition coefficient (Wildman–Crippen LogP) is 8.01. The molecule has 7 nitrogen and oxygen atoms in total. The Hall–Kier alpha value is -4.78. The van der Waals surface area contributed by atoms with Gasteiger partial charge in [-0.2, -0.15) is 0 Å². The van der Waals surface area contributed by atoms with Crippen LogP contribution in [0.3, 0.4) is 0 Å². The molecule has 0 amide bonds. The number of fused-ring (bicyclic) bond motifs is 12. The van der Waals surface area contributed by atoms with Gasteiger partial charge in [-0.15, -0.1) is 0 Å². The maximum atomic E-state index is 6.78. The van der Waals surface area contributed by atoms with Crippen LogP contribution in [0.1, 0.15) is 44.2 Å². The van der Waals surface area contributed by atoms with Crippen LogP contribution in [0.25, 0.3) is 27.5 Å². The molecule has 0 aliphatic carbocycles. The number of allylic oxidation sites excluding steroid dienone is 1. The highest BCUT2D eigenvalue weighted by molar-refractivity contribution is 6.10. The van der Waals surface area contributed by atoms with E-state index in [0.717, 1.165) is 75.2 Å². The van der Waals surface area contributed by atoms with Gasteiger partial charge >= 0.3 is 0 Å². The molecule has 3 aliphatic heterocycles. The summed E-state index contributed by atoms with van der Waals surface area (Å²) in [6.45, 7) is 9.50. The van der Waals surface area contributed by atoms with Gasteiger partial charge in [0.05, 0.1) is 17.6 Å². The summed E-state index contributed by atoms with van der Waals surface area (Å²) in [4.78, 5) is 18.8. The summed E-state index contributed by atoms with van der Waals surface area (Å²) in [6.07, 6.45) is 10.7. The third-order valence-corrected chi connectivity index (χ3v) is 10.3. The Balaban J connectivity index is 1.48. The first-order chi connectivity index (χ1) is 21.0. The minimum Gasteiger partial charge on any atom is -0.454 e. The van der Waals surface area contributed by atoms with Crippen LogP contribution in [0.2, 0.25) is 0 Å². The standard InChI is InChI=1S/C36H36N6O/c1-6-36(7-2)23(3)24-12-8-10-14-28(24)42-32(40(5)29-21-37-22-38-35(29)42)20-31-39(4)18-19-41(31)33-27(36)17-16-26-25-13-9-11-15-30(25)43-34(26)33/h8-19,21-22,31-32H,3,6-7,20H2,1-2,4-5H3. The Morgan fingerprint density at radius 3 is 2.53 bits per heavy atom. The molecule has 2 atom stereocenters. The van der Waals surface area contributed by atoms with Crippen molar-refractivity contribution in [3.63, 3.8) is 0 Å². The molecular formula is C36H36N6O. The zero-order valence-corrected chi connectivity index (χ0v) is 25.2. The summed E-state index contributed by atoms with van der Waals surface area (Å²) in [5.74, 6) is 0.929. The second-order valence-electron chi connectivity index (χ2n) is 12.0. The van der Waals surface area contributed by atoms with Gasteiger partial charge in [-0.25, -0.2) is 9.97 Å². The number of benzene rings is 3. The molecule has 3 aliphatic rings. The number of aromatic nitrogens is 2. The van der Waals surface area contributed by atoms with E-state index in [9.17, 15) is 0 Å². The Morgan fingerprint density at radius 1 is 0.907 bits per heavy atom. The third-order valence-electron chi connectivity index (χ3n) is 10.3. The largest absolute Gasteiger partial charge is 0.454 e. The third kappa shape index (κ3) is 3.42. The highest BCUT2D eigenvalue weighted by atomic mass is 16.3. The lowest BCUT2D eigenvalue weighted by atomic mass is 9.67. The van der Waals surface area contributed by atoms with Crippen LogP contribution in [0, 0.1) is 0 Å². The first kappa shape index (κ1) is 25.9. The van der Waals surface area contributed by atoms with Crippen LogP contribution in [-0.4, -0.2) is 41.3 Å². The van der Waals surface area contributed by atoms with E-state index in [0.29, 0.717) is 0 Å². The van der Waals surface area contributed by atoms with Gasteiger partial charge in [-0.3, -0.25) is 0 Å². The first-order valence-electron chi connectivity index (χ1n) is 15.2. The quantitative estimate of drug-likeness (QED) is 0.214. The summed E-state index contributed by atoms with van der Waals surface area (Å²) in [5.41, 5.74) is 8.32. The zero-order valence-electron chi connectivity index (χ0n) is 25.2. The number of furan rings is 1. The summed E-state index contributed by atoms with van der Waals surface area (Å²) >= 11 is 0. The van der Waals surface area contributed by atoms with Gasteiger partial charge in [0.25, 0.3) is 0 Å². The summed E-state index contributed by atoms with van der Waals surface area (Å²) < 4.78 is 6.78. The van der Waals surface area contributed by atoms with E-state index in [-0.39, 0.29) is 17.7 Å². The molecule has 216 valence electrons. The topological polar surface area (TPSA) is 51.9 Å². The molecule has 7 heteroatoms. The van der Waals surface area contributed by atoms with Crippen molar-refractivity contribution in [1.82, 2.24) is 14.9 Å². The summed E-state index contributed by atoms with van der Waals surface area (Å²) in [7, 11) is 4.33. The van der Waals surface area contributed by atoms with Crippen molar-refractivity contribution in [3.8, 4) is 0 Å². The average Bonchev–Trinajstić information content (AvgIpc) is 3.69. The van der Waals surface area contributed by atoms with Gasteiger partial charge in [0, 0.05) is 54.7 Å². The van der Waals surface area contributed by atoms with Crippen molar-refractivity contribution < 1.29 is 4.42 Å². The molecule has 2 unspecified atom stereocenters. The van der Waals surface area contributed by atoms with E-state index in [2.05, 4.69) is 120 Å². The maximum absolute atomic E-state index is 6.78. The fourth-order valence-corrected chi connectivity index (χ4v) is 7.86. The molecule has 2 aromatic heterocycles. The van der Waals surface area contributed by atoms with Crippen LogP contribution in [0.4, 0.5) is 22.9 Å². The lowest BCUT2D eigenvalue weighted by Gasteiger charge is -2.40. The molecule has 0 bridgehead atoms. The van der Waals surface area contributed by atoms with Crippen molar-refractivity contribution in [2.75, 3.05) is 28.8 Å². The van der Waals surface area contributed by atoms with Gasteiger partial charge in [0.1, 0.15) is 29.9 Å². The fraction of sp³-hybridized carbons (Fsp3) is 0.278. The minimum atomic E-state index is -0.335. The van der Waals surface area contributed by atoms with E-state index < -0.39 is 0 Å². The molecule has 0 saturated heterocycles. The van der Waals surface area contributed by atoms with E-state index in [1.54, 1.807) is 6.33 Å². The molecule has 0 saturated carbocycles. The molecule has 5 heterocycles. The van der Waals surface area contributed by atoms with E-state index in [4.69, 9.17) is 16.0 Å². The molecule has 8 rings (SSSR count). The Morgan fingerprint density at radius 2 is 1.70 bits per heavy atom. The zero-order chi connectivity index (χ0) is 29.5. The number of hydrogen-bond acceptors (Lipinski definition) is 7. The molecule has 0 radical (unpaired) electrons. The van der Waals surface area contributed by atoms with Crippen molar-refractivity contribution in [2.45, 2.75) is 50.9 Å². The average molecular weight is 569 g/mol. The van der Waals surface area contributed by atoms with Crippen LogP contribution in [-0.2, 0) is 5.41 Å². The second kappa shape index (κ2) is 9.36. The van der Waals surface area contributed by atoms with E-state index >= 15 is 0 Å². The van der Waals surface area contributed by atoms with Crippen molar-refractivity contribution in [2.24, 2.45) is 0 Å². The van der Waals surface area contributed by atoms with Crippen molar-refractivity contribution in [3.05, 3.63) is 103 Å². The summed E-state index contributed by atoms with van der Waals surface area (Å²) in [5, 5.41) is 2.28. The highest BCUT2D eigenvalue weighted by Crippen LogP contribution is 2.54. The number of para-hydroxylation sites is 2. The van der Waals surface area contributed by atoms with Gasteiger partial charge in [-0.1, -0.05) is 69.0 Å². The van der Waals surface area contributed by atoms with Gasteiger partial charge in [-0.05, 0) is 36.1 Å². The number of rotatable bonds is 2. The SMILES string of the molecule is C=C1c2ccccc2N2c3ncncc3N(C)C2CC2N(C)C=CN2c2c(ccc3c2oc2ccccc23)C1(CC)CC. The van der Waals surface area contributed by atoms with Crippen LogP contribution in [0.5, 0.6) is 0 Å². The van der Waals surface area contributed by atoms with Gasteiger partial charge in [0.15, 0.2) is 11.4 Å². The Labute approximate surface area is 252 Å². The Kier molecular flexibility index (Phi) is 5.64. The monoisotopic (exact) mass is 568 g/mol. The number of hydrogen-bond donors (Lipinski definition) is 0. The summed E-state index contributed by atoms with van der Waals surface area (Å²) in [6, 6.07) is 21.7. The van der Waals surface area contributed by atoms with Crippen molar-refractivity contribution in [1.29, 1.82) is 0 Å². The molecule has 0 fully saturated rings. The lowest BCUT2D eigenvalue weighted by molar-refractivity contribution is 0.319. The Bertz CT molecular complexity index is 1940. The molecule has 43 heavy (non-hydrogen) atoms. The van der Waals surface area contributed by atoms with E-state index in [1.165, 1.54) is 5.56 Å². The van der Waals surface area contributed by atoms with Crippen LogP contribution >= 0.6 is 0 Å². The van der Waals surface area contributed by atoms with Crippen molar-refractivity contribution >= 4 is 50.4 Å². The normalized spacial score (nSPS) is 20.6. The second-order valence-corrected chi connectivity index (χ2v) is 12.0. The molecular weight excluding hydrogens is 532 g/mol. The fourth-order valence-electron chi connectivity index (χ4n) is 7.86. The first-order valence-corrected chi connectivity index (χ1v) is 15.2. The van der Waals surface area contributed by atoms with Gasteiger partial charge in [0.2, 0.25) is 0 Å². The smallest absolute Gasteiger partial charge is 0.161 e. The highest BCUT2D eigenvalue weighted by Gasteiger charge is 2.45. The van der Waals surface area contributed by atoms with Crippen LogP contribution < -0.4 is 14.7 Å². The van der Waals surface area contributed by atoms with Crippen LogP contribution in [0.15, 0.2) is 96.6 Å². The van der Waals surface area contributed by atoms with E-state index in [1.807, 2.05) is 12.3 Å². The molecule has 3 aromatic carbocycles. The minimum absolute atomic E-state index is 0.00424. The molecule has 0 N–H and O–H groups in total. The van der Waals surface area contributed by atoms with Gasteiger partial charge < -0.3 is 24.0 Å². The lowest BCUT2D eigenvalue weighted by Crippen LogP contribution is -2.48. The molecule has 0 spiro atoms. The maximum Gasteiger partial charge on any atom is 0.161 e. The number of nitrogens with zero attached hydrogens (tertiary/aromatic N) is 6. The predicted molar refractivity (Wildman–Crippen MR) is 176 cm³/mol. The number of anilines is 4.